The molecular formula is C17H22O3. The van der Waals surface area contributed by atoms with Crippen molar-refractivity contribution in [2.45, 2.75) is 51.4 Å². The summed E-state index contributed by atoms with van der Waals surface area (Å²) >= 11 is 0. The maximum absolute atomic E-state index is 11.8. The second kappa shape index (κ2) is 7.22. The van der Waals surface area contributed by atoms with Gasteiger partial charge >= 0.3 is 5.97 Å². The molecule has 0 unspecified atom stereocenters. The quantitative estimate of drug-likeness (QED) is 0.716. The van der Waals surface area contributed by atoms with E-state index in [1.165, 1.54) is 24.8 Å². The van der Waals surface area contributed by atoms with Gasteiger partial charge in [0.2, 0.25) is 0 Å². The van der Waals surface area contributed by atoms with Crippen molar-refractivity contribution in [1.82, 2.24) is 0 Å². The Balaban J connectivity index is 1.77. The first-order valence-corrected chi connectivity index (χ1v) is 7.45. The van der Waals surface area contributed by atoms with E-state index >= 15 is 0 Å². The molecule has 2 rings (SSSR count). The van der Waals surface area contributed by atoms with Crippen LogP contribution in [0.25, 0.3) is 0 Å². The number of ketones is 1. The fourth-order valence-electron chi connectivity index (χ4n) is 2.44. The number of carbonyl (C=O) groups excluding carboxylic acids is 2. The summed E-state index contributed by atoms with van der Waals surface area (Å²) in [5.74, 6) is 0.527. The zero-order chi connectivity index (χ0) is 14.4. The van der Waals surface area contributed by atoms with E-state index in [0.717, 1.165) is 11.5 Å². The van der Waals surface area contributed by atoms with E-state index in [0.29, 0.717) is 13.0 Å². The van der Waals surface area contributed by atoms with Crippen LogP contribution in [0.4, 0.5) is 0 Å². The molecule has 0 atom stereocenters. The van der Waals surface area contributed by atoms with Crippen LogP contribution in [0.2, 0.25) is 0 Å². The summed E-state index contributed by atoms with van der Waals surface area (Å²) in [4.78, 5) is 23.0. The highest BCUT2D eigenvalue weighted by Crippen LogP contribution is 2.36. The molecular weight excluding hydrogens is 252 g/mol. The highest BCUT2D eigenvalue weighted by molar-refractivity contribution is 5.84. The van der Waals surface area contributed by atoms with Crippen LogP contribution < -0.4 is 0 Å². The maximum Gasteiger partial charge on any atom is 0.306 e. The molecule has 0 heterocycles. The van der Waals surface area contributed by atoms with Gasteiger partial charge in [-0.15, -0.1) is 0 Å². The molecule has 1 saturated carbocycles. The van der Waals surface area contributed by atoms with E-state index in [1.54, 1.807) is 6.92 Å². The molecule has 20 heavy (non-hydrogen) atoms. The third kappa shape index (κ3) is 4.19. The Labute approximate surface area is 120 Å². The molecule has 0 aliphatic heterocycles. The minimum Gasteiger partial charge on any atom is -0.466 e. The molecule has 3 nitrogen and oxygen atoms in total. The van der Waals surface area contributed by atoms with Crippen LogP contribution in [0.1, 0.15) is 56.1 Å². The van der Waals surface area contributed by atoms with Crippen LogP contribution in [0.3, 0.4) is 0 Å². The number of hydrogen-bond acceptors (Lipinski definition) is 3. The first-order valence-electron chi connectivity index (χ1n) is 7.45. The largest absolute Gasteiger partial charge is 0.466 e. The lowest BCUT2D eigenvalue weighted by atomic mass is 9.80. The molecule has 1 aliphatic rings. The average molecular weight is 274 g/mol. The topological polar surface area (TPSA) is 43.4 Å². The maximum atomic E-state index is 11.8. The molecule has 0 amide bonds. The van der Waals surface area contributed by atoms with Crippen molar-refractivity contribution in [3.05, 3.63) is 35.4 Å². The molecule has 0 aromatic heterocycles. The van der Waals surface area contributed by atoms with Gasteiger partial charge < -0.3 is 4.74 Å². The van der Waals surface area contributed by atoms with Crippen LogP contribution in [-0.4, -0.2) is 18.4 Å². The zero-order valence-electron chi connectivity index (χ0n) is 12.1. The van der Waals surface area contributed by atoms with Crippen molar-refractivity contribution in [2.75, 3.05) is 6.61 Å². The molecule has 108 valence electrons. The van der Waals surface area contributed by atoms with Crippen molar-refractivity contribution >= 4 is 11.8 Å². The average Bonchev–Trinajstić information content (AvgIpc) is 2.37. The van der Waals surface area contributed by atoms with Crippen LogP contribution in [0.5, 0.6) is 0 Å². The lowest BCUT2D eigenvalue weighted by molar-refractivity contribution is -0.144. The molecule has 1 aromatic rings. The second-order valence-corrected chi connectivity index (χ2v) is 5.39. The van der Waals surface area contributed by atoms with Gasteiger partial charge in [-0.2, -0.15) is 0 Å². The second-order valence-electron chi connectivity index (χ2n) is 5.39. The van der Waals surface area contributed by atoms with Crippen molar-refractivity contribution in [3.8, 4) is 0 Å². The van der Waals surface area contributed by atoms with Crippen LogP contribution >= 0.6 is 0 Å². The Kier molecular flexibility index (Phi) is 5.33. The number of carbonyl (C=O) groups is 2. The Morgan fingerprint density at radius 3 is 2.40 bits per heavy atom. The van der Waals surface area contributed by atoms with Gasteiger partial charge in [0.25, 0.3) is 0 Å². The number of ether oxygens (including phenoxy) is 1. The molecule has 1 aliphatic carbocycles. The first-order chi connectivity index (χ1) is 9.69. The Hall–Kier alpha value is -1.64. The minimum absolute atomic E-state index is 0.0921. The summed E-state index contributed by atoms with van der Waals surface area (Å²) in [7, 11) is 0. The molecule has 0 bridgehead atoms. The Bertz CT molecular complexity index is 458. The fraction of sp³-hybridized carbons (Fsp3) is 0.529. The van der Waals surface area contributed by atoms with Gasteiger partial charge in [-0.3, -0.25) is 9.59 Å². The summed E-state index contributed by atoms with van der Waals surface area (Å²) in [5, 5.41) is 0. The number of rotatable bonds is 7. The SMILES string of the molecule is CCOC(=O)CCC(=O)Cc1ccc(C2CCC2)cc1. The van der Waals surface area contributed by atoms with Crippen molar-refractivity contribution in [3.63, 3.8) is 0 Å². The third-order valence-electron chi connectivity index (χ3n) is 3.87. The van der Waals surface area contributed by atoms with Gasteiger partial charge in [0.05, 0.1) is 13.0 Å². The van der Waals surface area contributed by atoms with Crippen LogP contribution in [0.15, 0.2) is 24.3 Å². The summed E-state index contributed by atoms with van der Waals surface area (Å²) < 4.78 is 4.81. The molecule has 1 fully saturated rings. The van der Waals surface area contributed by atoms with E-state index in [9.17, 15) is 9.59 Å². The summed E-state index contributed by atoms with van der Waals surface area (Å²) in [6, 6.07) is 8.35. The normalized spacial score (nSPS) is 14.7. The van der Waals surface area contributed by atoms with Gasteiger partial charge in [-0.1, -0.05) is 30.7 Å². The number of hydrogen-bond donors (Lipinski definition) is 0. The van der Waals surface area contributed by atoms with Crippen LogP contribution in [-0.2, 0) is 20.7 Å². The predicted octanol–water partition coefficient (Wildman–Crippen LogP) is 3.41. The number of Topliss-reactive ketones (excluding diaryl/α,β-unsaturated/α-hetero) is 1. The molecule has 3 heteroatoms. The van der Waals surface area contributed by atoms with E-state index < -0.39 is 0 Å². The van der Waals surface area contributed by atoms with E-state index in [4.69, 9.17) is 4.74 Å². The Morgan fingerprint density at radius 2 is 1.85 bits per heavy atom. The zero-order valence-corrected chi connectivity index (χ0v) is 12.1. The molecule has 0 saturated heterocycles. The number of esters is 1. The molecule has 0 radical (unpaired) electrons. The van der Waals surface area contributed by atoms with E-state index in [2.05, 4.69) is 12.1 Å². The first kappa shape index (κ1) is 14.8. The standard InChI is InChI=1S/C17H22O3/c1-2-20-17(19)11-10-16(18)12-13-6-8-15(9-7-13)14-4-3-5-14/h6-9,14H,2-5,10-12H2,1H3. The summed E-state index contributed by atoms with van der Waals surface area (Å²) in [6.07, 6.45) is 4.77. The van der Waals surface area contributed by atoms with Crippen molar-refractivity contribution < 1.29 is 14.3 Å². The predicted molar refractivity (Wildman–Crippen MR) is 77.6 cm³/mol. The summed E-state index contributed by atoms with van der Waals surface area (Å²) in [6.45, 7) is 2.14. The monoisotopic (exact) mass is 274 g/mol. The third-order valence-corrected chi connectivity index (χ3v) is 3.87. The lowest BCUT2D eigenvalue weighted by Crippen LogP contribution is -2.10. The summed E-state index contributed by atoms with van der Waals surface area (Å²) in [5.41, 5.74) is 2.42. The van der Waals surface area contributed by atoms with Crippen LogP contribution in [0, 0.1) is 0 Å². The minimum atomic E-state index is -0.291. The van der Waals surface area contributed by atoms with Gasteiger partial charge in [0.1, 0.15) is 5.78 Å². The van der Waals surface area contributed by atoms with Crippen molar-refractivity contribution in [2.24, 2.45) is 0 Å². The molecule has 0 N–H and O–H groups in total. The lowest BCUT2D eigenvalue weighted by Gasteiger charge is -2.25. The van der Waals surface area contributed by atoms with Gasteiger partial charge in [-0.25, -0.2) is 0 Å². The van der Waals surface area contributed by atoms with E-state index in [1.807, 2.05) is 12.1 Å². The molecule has 1 aromatic carbocycles. The fourth-order valence-corrected chi connectivity index (χ4v) is 2.44. The number of benzene rings is 1. The smallest absolute Gasteiger partial charge is 0.306 e. The molecule has 0 spiro atoms. The highest BCUT2D eigenvalue weighted by Gasteiger charge is 2.19. The van der Waals surface area contributed by atoms with Gasteiger partial charge in [0, 0.05) is 12.8 Å². The highest BCUT2D eigenvalue weighted by atomic mass is 16.5. The van der Waals surface area contributed by atoms with E-state index in [-0.39, 0.29) is 24.6 Å². The van der Waals surface area contributed by atoms with Crippen molar-refractivity contribution in [1.29, 1.82) is 0 Å². The Morgan fingerprint density at radius 1 is 1.15 bits per heavy atom. The van der Waals surface area contributed by atoms with Gasteiger partial charge in [0.15, 0.2) is 0 Å². The van der Waals surface area contributed by atoms with Gasteiger partial charge in [-0.05, 0) is 36.8 Å².